The quantitative estimate of drug-likeness (QED) is 0.485. The van der Waals surface area contributed by atoms with Gasteiger partial charge in [-0.25, -0.2) is 8.78 Å². The third kappa shape index (κ3) is 4.52. The van der Waals surface area contributed by atoms with E-state index >= 15 is 0 Å². The summed E-state index contributed by atoms with van der Waals surface area (Å²) in [5.74, 6) is -0.0781. The summed E-state index contributed by atoms with van der Waals surface area (Å²) in [6, 6.07) is 13.9. The first kappa shape index (κ1) is 21.0. The summed E-state index contributed by atoms with van der Waals surface area (Å²) in [6.07, 6.45) is 2.28. The lowest BCUT2D eigenvalue weighted by atomic mass is 9.94. The molecule has 7 nitrogen and oxygen atoms in total. The van der Waals surface area contributed by atoms with Crippen LogP contribution in [0.15, 0.2) is 59.1 Å². The lowest BCUT2D eigenvalue weighted by molar-refractivity contribution is 0.0662. The smallest absolute Gasteiger partial charge is 0.271 e. The zero-order valence-corrected chi connectivity index (χ0v) is 17.7. The molecule has 3 heterocycles. The SMILES string of the molecule is O=C(c1cc(-c2ccc(F)cc2)n[nH]1)N1CCC[C@@H](Cc2nc(-c3ccccc3F)no2)C1. The molecule has 2 aromatic carbocycles. The standard InChI is InChI=1S/C24H21F2N5O2/c25-17-9-7-16(8-10-17)20-13-21(29-28-20)24(32)31-11-3-4-15(14-31)12-22-27-23(30-33-22)18-5-1-2-6-19(18)26/h1-2,5-10,13,15H,3-4,11-12,14H2,(H,28,29)/t15-/m0/s1. The Hall–Kier alpha value is -3.88. The van der Waals surface area contributed by atoms with Crippen molar-refractivity contribution < 1.29 is 18.1 Å². The molecule has 1 saturated heterocycles. The summed E-state index contributed by atoms with van der Waals surface area (Å²) in [4.78, 5) is 19.1. The summed E-state index contributed by atoms with van der Waals surface area (Å²) in [5.41, 5.74) is 1.99. The van der Waals surface area contributed by atoms with Crippen LogP contribution in [-0.4, -0.2) is 44.2 Å². The molecule has 1 N–H and O–H groups in total. The molecule has 0 radical (unpaired) electrons. The number of likely N-dealkylation sites (tertiary alicyclic amines) is 1. The average Bonchev–Trinajstić information content (AvgIpc) is 3.50. The van der Waals surface area contributed by atoms with Crippen molar-refractivity contribution in [3.8, 4) is 22.6 Å². The maximum absolute atomic E-state index is 14.0. The lowest BCUT2D eigenvalue weighted by Crippen LogP contribution is -2.40. The van der Waals surface area contributed by atoms with E-state index in [2.05, 4.69) is 20.3 Å². The van der Waals surface area contributed by atoms with E-state index < -0.39 is 5.82 Å². The topological polar surface area (TPSA) is 87.9 Å². The van der Waals surface area contributed by atoms with E-state index in [1.807, 2.05) is 0 Å². The normalized spacial score (nSPS) is 16.2. The average molecular weight is 449 g/mol. The minimum Gasteiger partial charge on any atom is -0.339 e. The zero-order valence-electron chi connectivity index (χ0n) is 17.7. The van der Waals surface area contributed by atoms with Crippen LogP contribution in [-0.2, 0) is 6.42 Å². The van der Waals surface area contributed by atoms with E-state index in [1.165, 1.54) is 18.2 Å². The highest BCUT2D eigenvalue weighted by Crippen LogP contribution is 2.25. The van der Waals surface area contributed by atoms with E-state index in [4.69, 9.17) is 4.52 Å². The van der Waals surface area contributed by atoms with Crippen LogP contribution in [0.1, 0.15) is 29.2 Å². The molecule has 0 unspecified atom stereocenters. The van der Waals surface area contributed by atoms with Crippen molar-refractivity contribution in [3.63, 3.8) is 0 Å². The molecule has 33 heavy (non-hydrogen) atoms. The molecule has 1 aliphatic rings. The number of halogens is 2. The van der Waals surface area contributed by atoms with Gasteiger partial charge in [-0.05, 0) is 61.2 Å². The molecule has 2 aromatic heterocycles. The summed E-state index contributed by atoms with van der Waals surface area (Å²) in [7, 11) is 0. The Morgan fingerprint density at radius 2 is 1.97 bits per heavy atom. The number of aromatic nitrogens is 4. The fraction of sp³-hybridized carbons (Fsp3) is 0.250. The molecule has 4 aromatic rings. The van der Waals surface area contributed by atoms with Crippen molar-refractivity contribution in [3.05, 3.63) is 77.8 Å². The molecule has 0 saturated carbocycles. The summed E-state index contributed by atoms with van der Waals surface area (Å²) in [6.45, 7) is 1.19. The second-order valence-electron chi connectivity index (χ2n) is 8.13. The van der Waals surface area contributed by atoms with Crippen molar-refractivity contribution in [1.29, 1.82) is 0 Å². The maximum Gasteiger partial charge on any atom is 0.271 e. The van der Waals surface area contributed by atoms with Crippen LogP contribution in [0.5, 0.6) is 0 Å². The number of aromatic amines is 1. The molecule has 9 heteroatoms. The van der Waals surface area contributed by atoms with Crippen LogP contribution in [0.4, 0.5) is 8.78 Å². The van der Waals surface area contributed by atoms with Gasteiger partial charge in [-0.2, -0.15) is 10.1 Å². The maximum atomic E-state index is 14.0. The minimum atomic E-state index is -0.404. The first-order valence-corrected chi connectivity index (χ1v) is 10.7. The summed E-state index contributed by atoms with van der Waals surface area (Å²) >= 11 is 0. The minimum absolute atomic E-state index is 0.141. The van der Waals surface area contributed by atoms with Crippen molar-refractivity contribution in [1.82, 2.24) is 25.2 Å². The molecule has 1 amide bonds. The van der Waals surface area contributed by atoms with E-state index in [0.29, 0.717) is 42.4 Å². The lowest BCUT2D eigenvalue weighted by Gasteiger charge is -2.31. The molecule has 0 aliphatic carbocycles. The molecule has 168 valence electrons. The van der Waals surface area contributed by atoms with Crippen LogP contribution < -0.4 is 0 Å². The second-order valence-corrected chi connectivity index (χ2v) is 8.13. The van der Waals surface area contributed by atoms with Gasteiger partial charge < -0.3 is 9.42 Å². The Balaban J connectivity index is 1.24. The Kier molecular flexibility index (Phi) is 5.68. The highest BCUT2D eigenvalue weighted by Gasteiger charge is 2.27. The third-order valence-corrected chi connectivity index (χ3v) is 5.80. The van der Waals surface area contributed by atoms with Crippen molar-refractivity contribution >= 4 is 5.91 Å². The van der Waals surface area contributed by atoms with E-state index in [9.17, 15) is 13.6 Å². The molecular weight excluding hydrogens is 428 g/mol. The van der Waals surface area contributed by atoms with E-state index in [1.54, 1.807) is 41.3 Å². The molecular formula is C24H21F2N5O2. The molecule has 1 atom stereocenters. The van der Waals surface area contributed by atoms with Crippen LogP contribution in [0.2, 0.25) is 0 Å². The van der Waals surface area contributed by atoms with Gasteiger partial charge in [0.05, 0.1) is 11.3 Å². The first-order chi connectivity index (χ1) is 16.1. The van der Waals surface area contributed by atoms with Crippen LogP contribution in [0, 0.1) is 17.6 Å². The predicted molar refractivity (Wildman–Crippen MR) is 116 cm³/mol. The van der Waals surface area contributed by atoms with Crippen LogP contribution in [0.3, 0.4) is 0 Å². The van der Waals surface area contributed by atoms with Gasteiger partial charge in [-0.15, -0.1) is 0 Å². The number of piperidine rings is 1. The van der Waals surface area contributed by atoms with Gasteiger partial charge in [-0.1, -0.05) is 17.3 Å². The Labute approximate surface area is 188 Å². The van der Waals surface area contributed by atoms with Gasteiger partial charge in [0, 0.05) is 25.1 Å². The van der Waals surface area contributed by atoms with Gasteiger partial charge >= 0.3 is 0 Å². The number of nitrogens with one attached hydrogen (secondary N) is 1. The van der Waals surface area contributed by atoms with Crippen LogP contribution in [0.25, 0.3) is 22.6 Å². The number of benzene rings is 2. The van der Waals surface area contributed by atoms with Crippen LogP contribution >= 0.6 is 0 Å². The number of carbonyl (C=O) groups is 1. The Bertz CT molecular complexity index is 1270. The largest absolute Gasteiger partial charge is 0.339 e. The first-order valence-electron chi connectivity index (χ1n) is 10.7. The highest BCUT2D eigenvalue weighted by molar-refractivity contribution is 5.93. The zero-order chi connectivity index (χ0) is 22.8. The third-order valence-electron chi connectivity index (χ3n) is 5.80. The number of rotatable bonds is 5. The second kappa shape index (κ2) is 8.93. The molecule has 1 fully saturated rings. The summed E-state index contributed by atoms with van der Waals surface area (Å²) < 4.78 is 32.5. The van der Waals surface area contributed by atoms with Gasteiger partial charge in [0.25, 0.3) is 5.91 Å². The van der Waals surface area contributed by atoms with Gasteiger partial charge in [0.1, 0.15) is 17.3 Å². The summed E-state index contributed by atoms with van der Waals surface area (Å²) in [5, 5.41) is 10.9. The van der Waals surface area contributed by atoms with Crippen molar-refractivity contribution in [2.75, 3.05) is 13.1 Å². The number of hydrogen-bond acceptors (Lipinski definition) is 5. The Morgan fingerprint density at radius 3 is 2.79 bits per heavy atom. The number of H-pyrrole nitrogens is 1. The number of amides is 1. The van der Waals surface area contributed by atoms with Crippen molar-refractivity contribution in [2.24, 2.45) is 5.92 Å². The fourth-order valence-electron chi connectivity index (χ4n) is 4.12. The monoisotopic (exact) mass is 449 g/mol. The number of hydrogen-bond donors (Lipinski definition) is 1. The fourth-order valence-corrected chi connectivity index (χ4v) is 4.12. The highest BCUT2D eigenvalue weighted by atomic mass is 19.1. The molecule has 1 aliphatic heterocycles. The van der Waals surface area contributed by atoms with Gasteiger partial charge in [0.2, 0.25) is 11.7 Å². The molecule has 0 bridgehead atoms. The van der Waals surface area contributed by atoms with E-state index in [0.717, 1.165) is 18.4 Å². The Morgan fingerprint density at radius 1 is 1.15 bits per heavy atom. The predicted octanol–water partition coefficient (Wildman–Crippen LogP) is 4.50. The van der Waals surface area contributed by atoms with E-state index in [-0.39, 0.29) is 23.5 Å². The number of carbonyl (C=O) groups excluding carboxylic acids is 1. The van der Waals surface area contributed by atoms with Gasteiger partial charge in [0.15, 0.2) is 0 Å². The van der Waals surface area contributed by atoms with Crippen molar-refractivity contribution in [2.45, 2.75) is 19.3 Å². The number of nitrogens with zero attached hydrogens (tertiary/aromatic N) is 4. The van der Waals surface area contributed by atoms with Gasteiger partial charge in [-0.3, -0.25) is 9.89 Å². The molecule has 5 rings (SSSR count). The molecule has 0 spiro atoms.